The molecule has 1 atom stereocenters. The van der Waals surface area contributed by atoms with Gasteiger partial charge in [0.2, 0.25) is 0 Å². The molecule has 0 heterocycles. The molecular weight excluding hydrogens is 243 g/mol. The van der Waals surface area contributed by atoms with Crippen LogP contribution in [-0.2, 0) is 19.1 Å². The molecule has 0 amide bonds. The summed E-state index contributed by atoms with van der Waals surface area (Å²) in [7, 11) is 0. The monoisotopic (exact) mass is 253 g/mol. The smallest absolute Gasteiger partial charge is 0.439 e. The topological polar surface area (TPSA) is 76.4 Å². The molecule has 0 N–H and O–H groups in total. The van der Waals surface area contributed by atoms with Gasteiger partial charge in [0.1, 0.15) is 6.07 Å². The number of halogens is 3. The van der Waals surface area contributed by atoms with E-state index < -0.39 is 29.8 Å². The van der Waals surface area contributed by atoms with Gasteiger partial charge in [-0.15, -0.1) is 0 Å². The van der Waals surface area contributed by atoms with Crippen molar-refractivity contribution in [3.8, 4) is 6.07 Å². The maximum absolute atomic E-state index is 12.6. The van der Waals surface area contributed by atoms with Crippen LogP contribution >= 0.6 is 0 Å². The summed E-state index contributed by atoms with van der Waals surface area (Å²) >= 11 is 0. The van der Waals surface area contributed by atoms with Gasteiger partial charge >= 0.3 is 12.1 Å². The lowest BCUT2D eigenvalue weighted by molar-refractivity contribution is -0.264. The Morgan fingerprint density at radius 1 is 1.29 bits per heavy atom. The zero-order valence-electron chi connectivity index (χ0n) is 9.29. The van der Waals surface area contributed by atoms with Crippen LogP contribution in [-0.4, -0.2) is 29.8 Å². The Morgan fingerprint density at radius 3 is 2.06 bits per heavy atom. The molecule has 0 fully saturated rings. The number of hydrogen-bond donors (Lipinski definition) is 0. The summed E-state index contributed by atoms with van der Waals surface area (Å²) in [5.41, 5.74) is -5.18. The fraction of sp³-hybridized carbons (Fsp3) is 0.667. The van der Waals surface area contributed by atoms with E-state index in [1.807, 2.05) is 0 Å². The molecule has 0 bridgehead atoms. The van der Waals surface area contributed by atoms with Crippen molar-refractivity contribution in [2.24, 2.45) is 0 Å². The second-order valence-corrected chi connectivity index (χ2v) is 3.76. The predicted octanol–water partition coefficient (Wildman–Crippen LogP) is 1.33. The minimum Gasteiger partial charge on any atom is -0.441 e. The number of esters is 1. The summed E-state index contributed by atoms with van der Waals surface area (Å²) in [6, 6.07) is 1.48. The summed E-state index contributed by atoms with van der Waals surface area (Å²) in [4.78, 5) is 21.3. The molecule has 17 heavy (non-hydrogen) atoms. The minimum absolute atomic E-state index is 0.344. The molecule has 0 aliphatic carbocycles. The largest absolute Gasteiger partial charge is 0.441 e. The normalized spacial score (nSPS) is 15.4. The predicted molar refractivity (Wildman–Crippen MR) is 47.4 cm³/mol. The first-order valence-corrected chi connectivity index (χ1v) is 4.33. The zero-order chi connectivity index (χ0) is 13.9. The van der Waals surface area contributed by atoms with Crippen LogP contribution in [0.1, 0.15) is 20.8 Å². The standard InChI is InChI=1S/C9H10F3NO4/c1-7(2,4-13)17-6(15)8(3,16-5-14)9(10,11)12/h5H,1-3H3. The Balaban J connectivity index is 5.19. The molecule has 96 valence electrons. The minimum atomic E-state index is -5.14. The van der Waals surface area contributed by atoms with E-state index in [0.29, 0.717) is 6.92 Å². The number of carbonyl (C=O) groups excluding carboxylic acids is 2. The summed E-state index contributed by atoms with van der Waals surface area (Å²) < 4.78 is 45.7. The van der Waals surface area contributed by atoms with Crippen LogP contribution in [0.5, 0.6) is 0 Å². The van der Waals surface area contributed by atoms with Gasteiger partial charge in [-0.25, -0.2) is 4.79 Å². The van der Waals surface area contributed by atoms with Crippen LogP contribution in [0.4, 0.5) is 13.2 Å². The molecular formula is C9H10F3NO4. The molecule has 0 aromatic rings. The Hall–Kier alpha value is -1.78. The van der Waals surface area contributed by atoms with Gasteiger partial charge in [0.25, 0.3) is 12.1 Å². The number of ether oxygens (including phenoxy) is 2. The second kappa shape index (κ2) is 4.61. The van der Waals surface area contributed by atoms with Crippen LogP contribution in [0.15, 0.2) is 0 Å². The highest BCUT2D eigenvalue weighted by molar-refractivity contribution is 5.82. The van der Waals surface area contributed by atoms with Crippen LogP contribution in [0.25, 0.3) is 0 Å². The molecule has 0 aromatic carbocycles. The van der Waals surface area contributed by atoms with Gasteiger partial charge < -0.3 is 9.47 Å². The fourth-order valence-electron chi connectivity index (χ4n) is 0.679. The van der Waals surface area contributed by atoms with Crippen molar-refractivity contribution in [3.63, 3.8) is 0 Å². The highest BCUT2D eigenvalue weighted by atomic mass is 19.4. The average molecular weight is 253 g/mol. The molecule has 0 spiro atoms. The molecule has 0 saturated heterocycles. The van der Waals surface area contributed by atoms with Crippen LogP contribution in [0.2, 0.25) is 0 Å². The molecule has 0 aliphatic rings. The fourth-order valence-corrected chi connectivity index (χ4v) is 0.679. The highest BCUT2D eigenvalue weighted by Gasteiger charge is 2.61. The Bertz CT molecular complexity index is 358. The zero-order valence-corrected chi connectivity index (χ0v) is 9.29. The van der Waals surface area contributed by atoms with Gasteiger partial charge in [-0.2, -0.15) is 18.4 Å². The van der Waals surface area contributed by atoms with E-state index in [2.05, 4.69) is 9.47 Å². The third kappa shape index (κ3) is 3.34. The van der Waals surface area contributed by atoms with Gasteiger partial charge in [-0.1, -0.05) is 0 Å². The molecule has 0 aromatic heterocycles. The third-order valence-electron chi connectivity index (χ3n) is 1.83. The van der Waals surface area contributed by atoms with Crippen molar-refractivity contribution >= 4 is 12.4 Å². The number of alkyl halides is 3. The van der Waals surface area contributed by atoms with Gasteiger partial charge in [-0.05, 0) is 20.8 Å². The van der Waals surface area contributed by atoms with Crippen molar-refractivity contribution in [2.75, 3.05) is 0 Å². The Labute approximate surface area is 95.1 Å². The lowest BCUT2D eigenvalue weighted by Crippen LogP contribution is -2.54. The van der Waals surface area contributed by atoms with Crippen molar-refractivity contribution in [3.05, 3.63) is 0 Å². The Kier molecular flexibility index (Phi) is 4.13. The number of rotatable bonds is 4. The van der Waals surface area contributed by atoms with E-state index in [-0.39, 0.29) is 0 Å². The number of hydrogen-bond acceptors (Lipinski definition) is 5. The SMILES string of the molecule is CC(C)(C#N)OC(=O)C(C)(OC=O)C(F)(F)F. The van der Waals surface area contributed by atoms with E-state index >= 15 is 0 Å². The van der Waals surface area contributed by atoms with Crippen molar-refractivity contribution in [1.29, 1.82) is 5.26 Å². The summed E-state index contributed by atoms with van der Waals surface area (Å²) in [6.45, 7) is 2.04. The van der Waals surface area contributed by atoms with Gasteiger partial charge in [0.05, 0.1) is 0 Å². The molecule has 0 radical (unpaired) electrons. The first-order chi connectivity index (χ1) is 7.50. The molecule has 1 unspecified atom stereocenters. The van der Waals surface area contributed by atoms with Crippen molar-refractivity contribution in [2.45, 2.75) is 38.1 Å². The molecule has 0 saturated carbocycles. The molecule has 8 heteroatoms. The quantitative estimate of drug-likeness (QED) is 0.558. The lowest BCUT2D eigenvalue weighted by Gasteiger charge is -2.30. The Morgan fingerprint density at radius 2 is 1.76 bits per heavy atom. The summed E-state index contributed by atoms with van der Waals surface area (Å²) in [5, 5.41) is 8.52. The second-order valence-electron chi connectivity index (χ2n) is 3.76. The number of carbonyl (C=O) groups is 2. The number of nitriles is 1. The van der Waals surface area contributed by atoms with Crippen LogP contribution < -0.4 is 0 Å². The van der Waals surface area contributed by atoms with Crippen molar-refractivity contribution < 1.29 is 32.2 Å². The summed E-state index contributed by atoms with van der Waals surface area (Å²) in [6.07, 6.45) is -5.14. The van der Waals surface area contributed by atoms with Crippen LogP contribution in [0, 0.1) is 11.3 Å². The lowest BCUT2D eigenvalue weighted by atomic mass is 10.1. The van der Waals surface area contributed by atoms with E-state index in [4.69, 9.17) is 5.26 Å². The summed E-state index contributed by atoms with van der Waals surface area (Å²) in [5.74, 6) is -1.86. The molecule has 0 aliphatic heterocycles. The first kappa shape index (κ1) is 15.2. The van der Waals surface area contributed by atoms with Crippen LogP contribution in [0.3, 0.4) is 0 Å². The van der Waals surface area contributed by atoms with E-state index in [0.717, 1.165) is 13.8 Å². The molecule has 0 rings (SSSR count). The van der Waals surface area contributed by atoms with E-state index in [1.165, 1.54) is 6.07 Å². The molecule has 5 nitrogen and oxygen atoms in total. The van der Waals surface area contributed by atoms with Crippen molar-refractivity contribution in [1.82, 2.24) is 0 Å². The highest BCUT2D eigenvalue weighted by Crippen LogP contribution is 2.35. The van der Waals surface area contributed by atoms with Gasteiger partial charge in [-0.3, -0.25) is 4.79 Å². The van der Waals surface area contributed by atoms with Gasteiger partial charge in [0, 0.05) is 0 Å². The van der Waals surface area contributed by atoms with Gasteiger partial charge in [0.15, 0.2) is 5.60 Å². The van der Waals surface area contributed by atoms with E-state index in [1.54, 1.807) is 0 Å². The third-order valence-corrected chi connectivity index (χ3v) is 1.83. The number of nitrogens with zero attached hydrogens (tertiary/aromatic N) is 1. The maximum Gasteiger partial charge on any atom is 0.439 e. The first-order valence-electron chi connectivity index (χ1n) is 4.33. The maximum atomic E-state index is 12.6. The average Bonchev–Trinajstić information content (AvgIpc) is 2.15. The van der Waals surface area contributed by atoms with E-state index in [9.17, 15) is 22.8 Å².